The molecule has 0 spiro atoms. The third kappa shape index (κ3) is 4.97. The zero-order chi connectivity index (χ0) is 25.9. The number of pyridine rings is 4. The lowest BCUT2D eigenvalue weighted by atomic mass is 9.98. The first-order valence-corrected chi connectivity index (χ1v) is 12.6. The highest BCUT2D eigenvalue weighted by Crippen LogP contribution is 2.28. The molecule has 4 heterocycles. The van der Waals surface area contributed by atoms with Gasteiger partial charge in [-0.3, -0.25) is 19.9 Å². The van der Waals surface area contributed by atoms with Gasteiger partial charge in [-0.2, -0.15) is 0 Å². The summed E-state index contributed by atoms with van der Waals surface area (Å²) in [6.45, 7) is 4.07. The van der Waals surface area contributed by atoms with Gasteiger partial charge >= 0.3 is 0 Å². The Morgan fingerprint density at radius 3 is 0.816 bits per heavy atom. The molecule has 4 heteroatoms. The van der Waals surface area contributed by atoms with Gasteiger partial charge < -0.3 is 0 Å². The molecule has 6 aromatic rings. The Morgan fingerprint density at radius 2 is 0.553 bits per heavy atom. The summed E-state index contributed by atoms with van der Waals surface area (Å²) < 4.78 is 0. The molecule has 0 saturated heterocycles. The number of hydrogen-bond donors (Lipinski definition) is 0. The van der Waals surface area contributed by atoms with Gasteiger partial charge in [-0.1, -0.05) is 72.8 Å². The molecule has 4 nitrogen and oxygen atoms in total. The summed E-state index contributed by atoms with van der Waals surface area (Å²) in [5.74, 6) is 0. The van der Waals surface area contributed by atoms with Gasteiger partial charge in [0.25, 0.3) is 0 Å². The van der Waals surface area contributed by atoms with Crippen LogP contribution >= 0.6 is 0 Å². The maximum Gasteiger partial charge on any atom is 0.0886 e. The van der Waals surface area contributed by atoms with Crippen LogP contribution < -0.4 is 0 Å². The van der Waals surface area contributed by atoms with Crippen LogP contribution in [0.3, 0.4) is 0 Å². The topological polar surface area (TPSA) is 51.6 Å². The van der Waals surface area contributed by atoms with E-state index in [0.29, 0.717) is 0 Å². The van der Waals surface area contributed by atoms with Crippen molar-refractivity contribution >= 4 is 0 Å². The summed E-state index contributed by atoms with van der Waals surface area (Å²) in [6.07, 6.45) is 7.56. The van der Waals surface area contributed by atoms with Crippen molar-refractivity contribution in [2.24, 2.45) is 0 Å². The van der Waals surface area contributed by atoms with Gasteiger partial charge in [-0.25, -0.2) is 0 Å². The fourth-order valence-electron chi connectivity index (χ4n) is 4.38. The summed E-state index contributed by atoms with van der Waals surface area (Å²) in [7, 11) is 0. The average Bonchev–Trinajstić information content (AvgIpc) is 2.98. The second-order valence-corrected chi connectivity index (χ2v) is 9.46. The van der Waals surface area contributed by atoms with Crippen molar-refractivity contribution in [2.75, 3.05) is 0 Å². The molecule has 6 rings (SSSR count). The van der Waals surface area contributed by atoms with Gasteiger partial charge in [-0.05, 0) is 71.5 Å². The maximum absolute atomic E-state index is 4.63. The Labute approximate surface area is 222 Å². The van der Waals surface area contributed by atoms with E-state index in [1.165, 1.54) is 11.1 Å². The molecule has 0 atom stereocenters. The summed E-state index contributed by atoms with van der Waals surface area (Å²) in [5.41, 5.74) is 12.6. The van der Waals surface area contributed by atoms with E-state index in [2.05, 4.69) is 92.7 Å². The molecule has 0 bridgehead atoms. The molecular weight excluding hydrogens is 464 g/mol. The lowest BCUT2D eigenvalue weighted by Gasteiger charge is -2.08. The van der Waals surface area contributed by atoms with Crippen LogP contribution in [-0.4, -0.2) is 19.9 Å². The smallest absolute Gasteiger partial charge is 0.0886 e. The van der Waals surface area contributed by atoms with Crippen LogP contribution in [0.4, 0.5) is 0 Å². The minimum absolute atomic E-state index is 0.877. The second-order valence-electron chi connectivity index (χ2n) is 9.46. The SMILES string of the molecule is Cc1ccc(-c2ccc(-c3ccc(-c4ccc(-c5ccc(-c6ccc(C)cn6)nc5)cc4)cc3)cn2)nc1. The fraction of sp³-hybridized carbons (Fsp3) is 0.0588. The standard InChI is InChI=1S/C34H26N4/c1-23-3-15-31(35-19-23)33-17-13-29(21-37-33)27-9-5-25(6-10-27)26-7-11-28(12-8-26)30-14-18-34(38-22-30)32-16-4-24(2)20-36-32/h3-22H,1-2H3. The highest BCUT2D eigenvalue weighted by molar-refractivity contribution is 5.74. The quantitative estimate of drug-likeness (QED) is 0.244. The molecule has 0 aliphatic rings. The number of hydrogen-bond acceptors (Lipinski definition) is 4. The van der Waals surface area contributed by atoms with E-state index >= 15 is 0 Å². The molecule has 2 aromatic carbocycles. The van der Waals surface area contributed by atoms with Crippen LogP contribution in [0.25, 0.3) is 56.2 Å². The predicted octanol–water partition coefficient (Wildman–Crippen LogP) is 8.22. The van der Waals surface area contributed by atoms with Crippen molar-refractivity contribution in [3.63, 3.8) is 0 Å². The average molecular weight is 491 g/mol. The number of benzene rings is 2. The van der Waals surface area contributed by atoms with E-state index in [9.17, 15) is 0 Å². The van der Waals surface area contributed by atoms with Crippen LogP contribution in [0.5, 0.6) is 0 Å². The van der Waals surface area contributed by atoms with Crippen LogP contribution in [0, 0.1) is 13.8 Å². The molecule has 0 radical (unpaired) electrons. The van der Waals surface area contributed by atoms with Crippen LogP contribution in [0.2, 0.25) is 0 Å². The van der Waals surface area contributed by atoms with Crippen molar-refractivity contribution in [2.45, 2.75) is 13.8 Å². The Hall–Kier alpha value is -4.96. The van der Waals surface area contributed by atoms with E-state index in [1.807, 2.05) is 62.9 Å². The third-order valence-electron chi connectivity index (χ3n) is 6.64. The summed E-state index contributed by atoms with van der Waals surface area (Å²) in [6, 6.07) is 33.6. The van der Waals surface area contributed by atoms with Crippen molar-refractivity contribution in [1.82, 2.24) is 19.9 Å². The number of nitrogens with zero attached hydrogens (tertiary/aromatic N) is 4. The molecule has 0 N–H and O–H groups in total. The zero-order valence-electron chi connectivity index (χ0n) is 21.3. The fourth-order valence-corrected chi connectivity index (χ4v) is 4.38. The van der Waals surface area contributed by atoms with Crippen LogP contribution in [-0.2, 0) is 0 Å². The Balaban J connectivity index is 1.16. The van der Waals surface area contributed by atoms with E-state index in [0.717, 1.165) is 56.2 Å². The van der Waals surface area contributed by atoms with E-state index in [-0.39, 0.29) is 0 Å². The molecular formula is C34H26N4. The summed E-state index contributed by atoms with van der Waals surface area (Å²) in [4.78, 5) is 18.2. The Bertz CT molecular complexity index is 1520. The highest BCUT2D eigenvalue weighted by Gasteiger charge is 2.06. The molecule has 0 saturated carbocycles. The normalized spacial score (nSPS) is 10.9. The van der Waals surface area contributed by atoms with Gasteiger partial charge in [0.15, 0.2) is 0 Å². The van der Waals surface area contributed by atoms with Gasteiger partial charge in [0.2, 0.25) is 0 Å². The molecule has 0 unspecified atom stereocenters. The minimum Gasteiger partial charge on any atom is -0.254 e. The molecule has 0 aliphatic heterocycles. The van der Waals surface area contributed by atoms with Gasteiger partial charge in [0.05, 0.1) is 22.8 Å². The van der Waals surface area contributed by atoms with E-state index in [4.69, 9.17) is 0 Å². The summed E-state index contributed by atoms with van der Waals surface area (Å²) in [5, 5.41) is 0. The monoisotopic (exact) mass is 490 g/mol. The molecule has 182 valence electrons. The van der Waals surface area contributed by atoms with E-state index in [1.54, 1.807) is 0 Å². The maximum atomic E-state index is 4.63. The number of rotatable bonds is 5. The zero-order valence-corrected chi connectivity index (χ0v) is 21.3. The van der Waals surface area contributed by atoms with Gasteiger partial charge in [-0.15, -0.1) is 0 Å². The molecule has 4 aromatic heterocycles. The third-order valence-corrected chi connectivity index (χ3v) is 6.64. The molecule has 0 fully saturated rings. The number of aryl methyl sites for hydroxylation is 2. The van der Waals surface area contributed by atoms with Gasteiger partial charge in [0, 0.05) is 35.9 Å². The van der Waals surface area contributed by atoms with Gasteiger partial charge in [0.1, 0.15) is 0 Å². The second kappa shape index (κ2) is 10.2. The largest absolute Gasteiger partial charge is 0.254 e. The molecule has 0 amide bonds. The van der Waals surface area contributed by atoms with Crippen molar-refractivity contribution in [3.8, 4) is 56.2 Å². The van der Waals surface area contributed by atoms with Crippen molar-refractivity contribution < 1.29 is 0 Å². The lowest BCUT2D eigenvalue weighted by molar-refractivity contribution is 1.22. The van der Waals surface area contributed by atoms with Crippen LogP contribution in [0.1, 0.15) is 11.1 Å². The van der Waals surface area contributed by atoms with E-state index < -0.39 is 0 Å². The minimum atomic E-state index is 0.877. The van der Waals surface area contributed by atoms with Crippen LogP contribution in [0.15, 0.2) is 122 Å². The number of aromatic nitrogens is 4. The summed E-state index contributed by atoms with van der Waals surface area (Å²) >= 11 is 0. The Kier molecular flexibility index (Phi) is 6.29. The highest BCUT2D eigenvalue weighted by atomic mass is 14.8. The lowest BCUT2D eigenvalue weighted by Crippen LogP contribution is -1.89. The first-order valence-electron chi connectivity index (χ1n) is 12.6. The molecule has 38 heavy (non-hydrogen) atoms. The Morgan fingerprint density at radius 1 is 0.289 bits per heavy atom. The van der Waals surface area contributed by atoms with Crippen molar-refractivity contribution in [3.05, 3.63) is 133 Å². The first-order chi connectivity index (χ1) is 18.6. The van der Waals surface area contributed by atoms with Crippen molar-refractivity contribution in [1.29, 1.82) is 0 Å². The predicted molar refractivity (Wildman–Crippen MR) is 154 cm³/mol. The first kappa shape index (κ1) is 23.4. The molecule has 0 aliphatic carbocycles.